The summed E-state index contributed by atoms with van der Waals surface area (Å²) >= 11 is 0. The van der Waals surface area contributed by atoms with Crippen LogP contribution in [0.5, 0.6) is 0 Å². The minimum Gasteiger partial charge on any atom is -0.481 e. The molecule has 0 saturated carbocycles. The van der Waals surface area contributed by atoms with E-state index < -0.39 is 5.97 Å². The highest BCUT2D eigenvalue weighted by atomic mass is 16.5. The molecule has 0 radical (unpaired) electrons. The van der Waals surface area contributed by atoms with Crippen LogP contribution >= 0.6 is 0 Å². The Bertz CT molecular complexity index is 340. The quantitative estimate of drug-likeness (QED) is 0.816. The van der Waals surface area contributed by atoms with E-state index in [-0.39, 0.29) is 24.5 Å². The molecular formula is C14H23NO5. The van der Waals surface area contributed by atoms with E-state index in [9.17, 15) is 9.59 Å². The van der Waals surface area contributed by atoms with Crippen molar-refractivity contribution >= 4 is 11.9 Å². The number of carboxylic acid groups (broad SMARTS) is 1. The molecule has 2 atom stereocenters. The van der Waals surface area contributed by atoms with Gasteiger partial charge in [-0.2, -0.15) is 0 Å². The van der Waals surface area contributed by atoms with Crippen LogP contribution in [-0.4, -0.2) is 60.4 Å². The monoisotopic (exact) mass is 285 g/mol. The number of hydrogen-bond donors (Lipinski definition) is 1. The molecule has 114 valence electrons. The lowest BCUT2D eigenvalue weighted by Crippen LogP contribution is -2.46. The lowest BCUT2D eigenvalue weighted by atomic mass is 10.0. The van der Waals surface area contributed by atoms with Gasteiger partial charge in [0.25, 0.3) is 0 Å². The van der Waals surface area contributed by atoms with E-state index in [1.165, 1.54) is 6.42 Å². The van der Waals surface area contributed by atoms with Gasteiger partial charge in [0.15, 0.2) is 0 Å². The largest absolute Gasteiger partial charge is 0.481 e. The highest BCUT2D eigenvalue weighted by molar-refractivity contribution is 5.76. The second-order valence-corrected chi connectivity index (χ2v) is 5.46. The number of carbonyl (C=O) groups is 2. The number of nitrogens with zero attached hydrogens (tertiary/aromatic N) is 1. The fraction of sp³-hybridized carbons (Fsp3) is 0.857. The van der Waals surface area contributed by atoms with Gasteiger partial charge in [-0.25, -0.2) is 0 Å². The smallest absolute Gasteiger partial charge is 0.306 e. The van der Waals surface area contributed by atoms with Crippen molar-refractivity contribution in [1.29, 1.82) is 0 Å². The molecule has 6 nitrogen and oxygen atoms in total. The van der Waals surface area contributed by atoms with E-state index in [0.29, 0.717) is 26.1 Å². The van der Waals surface area contributed by atoms with Crippen molar-refractivity contribution in [2.24, 2.45) is 0 Å². The molecular weight excluding hydrogens is 262 g/mol. The van der Waals surface area contributed by atoms with E-state index >= 15 is 0 Å². The molecule has 0 aromatic rings. The minimum atomic E-state index is -0.889. The second-order valence-electron chi connectivity index (χ2n) is 5.46. The summed E-state index contributed by atoms with van der Waals surface area (Å²) in [7, 11) is 0. The van der Waals surface area contributed by atoms with Gasteiger partial charge in [0, 0.05) is 26.1 Å². The van der Waals surface area contributed by atoms with Crippen LogP contribution in [0, 0.1) is 0 Å². The Kier molecular flexibility index (Phi) is 5.79. The zero-order chi connectivity index (χ0) is 14.4. The molecule has 0 unspecified atom stereocenters. The van der Waals surface area contributed by atoms with E-state index in [1.54, 1.807) is 4.90 Å². The maximum Gasteiger partial charge on any atom is 0.306 e. The third-order valence-corrected chi connectivity index (χ3v) is 3.85. The first-order valence-corrected chi connectivity index (χ1v) is 7.38. The summed E-state index contributed by atoms with van der Waals surface area (Å²) in [6, 6.07) is 0. The number of morpholine rings is 1. The Morgan fingerprint density at radius 3 is 2.65 bits per heavy atom. The van der Waals surface area contributed by atoms with Gasteiger partial charge >= 0.3 is 5.97 Å². The molecule has 6 heteroatoms. The summed E-state index contributed by atoms with van der Waals surface area (Å²) < 4.78 is 11.0. The van der Waals surface area contributed by atoms with Gasteiger partial charge < -0.3 is 19.5 Å². The van der Waals surface area contributed by atoms with Crippen molar-refractivity contribution in [3.8, 4) is 0 Å². The Hall–Kier alpha value is -1.14. The van der Waals surface area contributed by atoms with Gasteiger partial charge in [-0.05, 0) is 25.7 Å². The number of ether oxygens (including phenoxy) is 2. The summed E-state index contributed by atoms with van der Waals surface area (Å²) in [6.45, 7) is 2.16. The van der Waals surface area contributed by atoms with E-state index in [4.69, 9.17) is 14.6 Å². The highest BCUT2D eigenvalue weighted by Crippen LogP contribution is 2.18. The summed E-state index contributed by atoms with van der Waals surface area (Å²) in [4.78, 5) is 24.5. The maximum atomic E-state index is 12.1. The number of aliphatic carboxylic acids is 1. The average molecular weight is 285 g/mol. The number of carboxylic acids is 1. The van der Waals surface area contributed by atoms with Gasteiger partial charge in [-0.3, -0.25) is 9.59 Å². The molecule has 2 heterocycles. The molecule has 0 aromatic heterocycles. The third-order valence-electron chi connectivity index (χ3n) is 3.85. The molecule has 0 bridgehead atoms. The van der Waals surface area contributed by atoms with Gasteiger partial charge in [-0.15, -0.1) is 0 Å². The number of hydrogen-bond acceptors (Lipinski definition) is 4. The third kappa shape index (κ3) is 4.76. The second kappa shape index (κ2) is 7.59. The molecule has 2 saturated heterocycles. The first-order valence-electron chi connectivity index (χ1n) is 7.38. The fourth-order valence-electron chi connectivity index (χ4n) is 2.74. The standard InChI is InChI=1S/C14H23NO5/c16-13(5-4-11-3-1-2-7-19-11)15-6-8-20-12(10-15)9-14(17)18/h11-12H,1-10H2,(H,17,18)/t11-,12+/m0/s1. The van der Waals surface area contributed by atoms with Crippen LogP contribution in [0.4, 0.5) is 0 Å². The molecule has 2 fully saturated rings. The molecule has 0 aromatic carbocycles. The zero-order valence-corrected chi connectivity index (χ0v) is 11.8. The maximum absolute atomic E-state index is 12.1. The topological polar surface area (TPSA) is 76.1 Å². The summed E-state index contributed by atoms with van der Waals surface area (Å²) in [5, 5.41) is 8.76. The first kappa shape index (κ1) is 15.3. The molecule has 0 aliphatic carbocycles. The number of carbonyl (C=O) groups excluding carboxylic acids is 1. The van der Waals surface area contributed by atoms with Crippen molar-refractivity contribution in [1.82, 2.24) is 4.90 Å². The molecule has 2 aliphatic rings. The molecule has 0 spiro atoms. The first-order chi connectivity index (χ1) is 9.65. The van der Waals surface area contributed by atoms with E-state index in [1.807, 2.05) is 0 Å². The van der Waals surface area contributed by atoms with Crippen LogP contribution in [0.15, 0.2) is 0 Å². The normalized spacial score (nSPS) is 27.3. The predicted octanol–water partition coefficient (Wildman–Crippen LogP) is 1.04. The van der Waals surface area contributed by atoms with Gasteiger partial charge in [0.2, 0.25) is 5.91 Å². The zero-order valence-electron chi connectivity index (χ0n) is 11.8. The van der Waals surface area contributed by atoms with Crippen molar-refractivity contribution in [2.45, 2.75) is 50.7 Å². The van der Waals surface area contributed by atoms with E-state index in [0.717, 1.165) is 25.9 Å². The highest BCUT2D eigenvalue weighted by Gasteiger charge is 2.26. The minimum absolute atomic E-state index is 0.0461. The van der Waals surface area contributed by atoms with Crippen LogP contribution in [0.3, 0.4) is 0 Å². The van der Waals surface area contributed by atoms with Gasteiger partial charge in [0.1, 0.15) is 0 Å². The average Bonchev–Trinajstić information content (AvgIpc) is 2.45. The SMILES string of the molecule is O=C(O)C[C@@H]1CN(C(=O)CC[C@@H]2CCCCO2)CCO1. The Balaban J connectivity index is 1.72. The van der Waals surface area contributed by atoms with Crippen molar-refractivity contribution < 1.29 is 24.2 Å². The van der Waals surface area contributed by atoms with Gasteiger partial charge in [-0.1, -0.05) is 0 Å². The Morgan fingerprint density at radius 2 is 1.95 bits per heavy atom. The van der Waals surface area contributed by atoms with Crippen LogP contribution in [0.25, 0.3) is 0 Å². The van der Waals surface area contributed by atoms with Crippen molar-refractivity contribution in [3.63, 3.8) is 0 Å². The molecule has 1 N–H and O–H groups in total. The van der Waals surface area contributed by atoms with Crippen LogP contribution in [-0.2, 0) is 19.1 Å². The fourth-order valence-corrected chi connectivity index (χ4v) is 2.74. The molecule has 1 amide bonds. The van der Waals surface area contributed by atoms with Crippen molar-refractivity contribution in [3.05, 3.63) is 0 Å². The van der Waals surface area contributed by atoms with Gasteiger partial charge in [0.05, 0.1) is 25.2 Å². The molecule has 2 rings (SSSR count). The van der Waals surface area contributed by atoms with Crippen LogP contribution < -0.4 is 0 Å². The van der Waals surface area contributed by atoms with Crippen LogP contribution in [0.2, 0.25) is 0 Å². The van der Waals surface area contributed by atoms with Crippen LogP contribution in [0.1, 0.15) is 38.5 Å². The number of amides is 1. The predicted molar refractivity (Wildman–Crippen MR) is 71.4 cm³/mol. The lowest BCUT2D eigenvalue weighted by molar-refractivity contribution is -0.148. The van der Waals surface area contributed by atoms with Crippen molar-refractivity contribution in [2.75, 3.05) is 26.3 Å². The summed E-state index contributed by atoms with van der Waals surface area (Å²) in [6.07, 6.45) is 4.36. The lowest BCUT2D eigenvalue weighted by Gasteiger charge is -2.33. The number of rotatable bonds is 5. The Labute approximate surface area is 119 Å². The molecule has 2 aliphatic heterocycles. The molecule has 20 heavy (non-hydrogen) atoms. The Morgan fingerprint density at radius 1 is 1.15 bits per heavy atom. The summed E-state index contributed by atoms with van der Waals surface area (Å²) in [5.41, 5.74) is 0. The summed E-state index contributed by atoms with van der Waals surface area (Å²) in [5.74, 6) is -0.808. The van der Waals surface area contributed by atoms with E-state index in [2.05, 4.69) is 0 Å².